The normalized spacial score (nSPS) is 14.1. The second-order valence-electron chi connectivity index (χ2n) is 7.71. The Balaban J connectivity index is 3.18. The maximum absolute atomic E-state index is 9.53. The Morgan fingerprint density at radius 3 is 1.38 bits per heavy atom. The summed E-state index contributed by atoms with van der Waals surface area (Å²) in [6.07, 6.45) is 17.9. The molecule has 0 aromatic carbocycles. The summed E-state index contributed by atoms with van der Waals surface area (Å²) in [6.45, 7) is 7.52. The van der Waals surface area contributed by atoms with Crippen LogP contribution in [0.5, 0.6) is 0 Å². The van der Waals surface area contributed by atoms with Crippen molar-refractivity contribution in [1.29, 1.82) is 0 Å². The first-order chi connectivity index (χ1) is 12.6. The highest BCUT2D eigenvalue weighted by molar-refractivity contribution is 4.58. The molecule has 0 amide bonds. The van der Waals surface area contributed by atoms with Crippen LogP contribution in [0.15, 0.2) is 0 Å². The molecule has 0 fully saturated rings. The van der Waals surface area contributed by atoms with Gasteiger partial charge in [0.25, 0.3) is 0 Å². The van der Waals surface area contributed by atoms with Gasteiger partial charge in [0.1, 0.15) is 12.5 Å². The minimum Gasteiger partial charge on any atom is -0.380 e. The van der Waals surface area contributed by atoms with Crippen molar-refractivity contribution in [3.05, 3.63) is 0 Å². The molecule has 0 aliphatic heterocycles. The van der Waals surface area contributed by atoms with E-state index in [9.17, 15) is 10.2 Å². The molecule has 0 aliphatic carbocycles. The highest BCUT2D eigenvalue weighted by atomic mass is 16.5. The summed E-state index contributed by atoms with van der Waals surface area (Å²) in [5.41, 5.74) is 0. The van der Waals surface area contributed by atoms with Crippen LogP contribution in [0, 0.1) is 0 Å². The van der Waals surface area contributed by atoms with Crippen LogP contribution in [0.2, 0.25) is 0 Å². The van der Waals surface area contributed by atoms with Gasteiger partial charge in [-0.2, -0.15) is 0 Å². The van der Waals surface area contributed by atoms with Gasteiger partial charge in [0.05, 0.1) is 6.61 Å². The molecular formula is C22H47NO3. The van der Waals surface area contributed by atoms with Gasteiger partial charge in [-0.05, 0) is 20.3 Å². The number of hydrogen-bond donors (Lipinski definition) is 2. The van der Waals surface area contributed by atoms with Gasteiger partial charge in [0.15, 0.2) is 0 Å². The van der Waals surface area contributed by atoms with Crippen LogP contribution in [0.25, 0.3) is 0 Å². The topological polar surface area (TPSA) is 52.9 Å². The summed E-state index contributed by atoms with van der Waals surface area (Å²) in [5, 5.41) is 19.1. The molecule has 0 aliphatic rings. The molecule has 0 rings (SSSR count). The van der Waals surface area contributed by atoms with Crippen molar-refractivity contribution in [3.63, 3.8) is 0 Å². The Hall–Kier alpha value is -0.160. The van der Waals surface area contributed by atoms with E-state index in [0.717, 1.165) is 13.0 Å². The average Bonchev–Trinajstić information content (AvgIpc) is 2.60. The van der Waals surface area contributed by atoms with E-state index in [0.29, 0.717) is 13.2 Å². The summed E-state index contributed by atoms with van der Waals surface area (Å²) in [6, 6.07) is 0. The van der Waals surface area contributed by atoms with Crippen molar-refractivity contribution in [2.24, 2.45) is 0 Å². The largest absolute Gasteiger partial charge is 0.380 e. The van der Waals surface area contributed by atoms with Crippen LogP contribution in [-0.4, -0.2) is 47.3 Å². The lowest BCUT2D eigenvalue weighted by Crippen LogP contribution is -2.42. The van der Waals surface area contributed by atoms with E-state index in [1.807, 2.05) is 0 Å². The maximum Gasteiger partial charge on any atom is 0.106 e. The maximum atomic E-state index is 9.53. The summed E-state index contributed by atoms with van der Waals surface area (Å²) >= 11 is 0. The molecule has 0 aromatic rings. The predicted octanol–water partition coefficient (Wildman–Crippen LogP) is 5.46. The highest BCUT2D eigenvalue weighted by Crippen LogP contribution is 2.13. The number of aliphatic hydroxyl groups is 2. The fourth-order valence-corrected chi connectivity index (χ4v) is 3.36. The monoisotopic (exact) mass is 373 g/mol. The number of hydrogen-bond acceptors (Lipinski definition) is 4. The van der Waals surface area contributed by atoms with Crippen molar-refractivity contribution >= 4 is 0 Å². The van der Waals surface area contributed by atoms with Gasteiger partial charge in [-0.25, -0.2) is 0 Å². The Kier molecular flexibility index (Phi) is 19.5. The third kappa shape index (κ3) is 17.3. The molecule has 0 aromatic heterocycles. The van der Waals surface area contributed by atoms with Gasteiger partial charge in [0, 0.05) is 13.2 Å². The van der Waals surface area contributed by atoms with Crippen LogP contribution in [0.1, 0.15) is 111 Å². The number of ether oxygens (including phenoxy) is 1. The third-order valence-corrected chi connectivity index (χ3v) is 5.10. The predicted molar refractivity (Wildman–Crippen MR) is 111 cm³/mol. The number of aliphatic hydroxyl groups excluding tert-OH is 2. The summed E-state index contributed by atoms with van der Waals surface area (Å²) < 4.78 is 5.61. The van der Waals surface area contributed by atoms with E-state index >= 15 is 0 Å². The molecule has 2 N–H and O–H groups in total. The standard InChI is InChI=1S/C22H47NO3/c1-4-5-6-7-8-9-10-11-12-13-14-15-16-17-19-26-20-18-23(21(2)24)22(3)25/h21-22,24-25H,4-20H2,1-3H3. The zero-order chi connectivity index (χ0) is 19.5. The Morgan fingerprint density at radius 1 is 0.615 bits per heavy atom. The van der Waals surface area contributed by atoms with Gasteiger partial charge >= 0.3 is 0 Å². The quantitative estimate of drug-likeness (QED) is 0.220. The van der Waals surface area contributed by atoms with Crippen LogP contribution in [0.3, 0.4) is 0 Å². The van der Waals surface area contributed by atoms with Crippen LogP contribution >= 0.6 is 0 Å². The molecule has 26 heavy (non-hydrogen) atoms. The highest BCUT2D eigenvalue weighted by Gasteiger charge is 2.15. The molecular weight excluding hydrogens is 326 g/mol. The van der Waals surface area contributed by atoms with Crippen LogP contribution in [0.4, 0.5) is 0 Å². The van der Waals surface area contributed by atoms with Crippen molar-refractivity contribution < 1.29 is 14.9 Å². The Morgan fingerprint density at radius 2 is 1.00 bits per heavy atom. The molecule has 0 spiro atoms. The molecule has 2 atom stereocenters. The third-order valence-electron chi connectivity index (χ3n) is 5.10. The van der Waals surface area contributed by atoms with E-state index in [-0.39, 0.29) is 0 Å². The zero-order valence-corrected chi connectivity index (χ0v) is 17.9. The molecule has 0 radical (unpaired) electrons. The van der Waals surface area contributed by atoms with Crippen molar-refractivity contribution in [3.8, 4) is 0 Å². The van der Waals surface area contributed by atoms with Gasteiger partial charge in [-0.15, -0.1) is 0 Å². The second kappa shape index (κ2) is 19.6. The van der Waals surface area contributed by atoms with E-state index in [1.54, 1.807) is 18.7 Å². The SMILES string of the molecule is CCCCCCCCCCCCCCCCOCCN(C(C)O)C(C)O. The minimum absolute atomic E-state index is 0.563. The Bertz CT molecular complexity index is 264. The fraction of sp³-hybridized carbons (Fsp3) is 1.00. The smallest absolute Gasteiger partial charge is 0.106 e. The summed E-state index contributed by atoms with van der Waals surface area (Å²) in [5.74, 6) is 0. The van der Waals surface area contributed by atoms with E-state index in [4.69, 9.17) is 4.74 Å². The van der Waals surface area contributed by atoms with E-state index in [2.05, 4.69) is 6.92 Å². The van der Waals surface area contributed by atoms with Gasteiger partial charge in [-0.1, -0.05) is 90.4 Å². The van der Waals surface area contributed by atoms with Crippen molar-refractivity contribution in [1.82, 2.24) is 4.90 Å². The lowest BCUT2D eigenvalue weighted by atomic mass is 10.0. The fourth-order valence-electron chi connectivity index (χ4n) is 3.36. The summed E-state index contributed by atoms with van der Waals surface area (Å²) in [4.78, 5) is 1.62. The lowest BCUT2D eigenvalue weighted by molar-refractivity contribution is -0.0937. The van der Waals surface area contributed by atoms with Gasteiger partial charge in [-0.3, -0.25) is 4.90 Å². The zero-order valence-electron chi connectivity index (χ0n) is 17.9. The molecule has 4 heteroatoms. The molecule has 0 saturated carbocycles. The number of nitrogens with zero attached hydrogens (tertiary/aromatic N) is 1. The van der Waals surface area contributed by atoms with Crippen LogP contribution < -0.4 is 0 Å². The summed E-state index contributed by atoms with van der Waals surface area (Å²) in [7, 11) is 0. The number of rotatable bonds is 20. The van der Waals surface area contributed by atoms with E-state index < -0.39 is 12.5 Å². The first kappa shape index (κ1) is 25.8. The molecule has 0 bridgehead atoms. The minimum atomic E-state index is -0.639. The van der Waals surface area contributed by atoms with Gasteiger partial charge < -0.3 is 14.9 Å². The molecule has 2 unspecified atom stereocenters. The van der Waals surface area contributed by atoms with Crippen molar-refractivity contribution in [2.45, 2.75) is 123 Å². The van der Waals surface area contributed by atoms with E-state index in [1.165, 1.54) is 83.5 Å². The Labute approximate surface area is 163 Å². The first-order valence-electron chi connectivity index (χ1n) is 11.3. The first-order valence-corrected chi connectivity index (χ1v) is 11.3. The lowest BCUT2D eigenvalue weighted by Gasteiger charge is -2.27. The second-order valence-corrected chi connectivity index (χ2v) is 7.71. The van der Waals surface area contributed by atoms with Crippen LogP contribution in [-0.2, 0) is 4.74 Å². The number of unbranched alkanes of at least 4 members (excludes halogenated alkanes) is 13. The van der Waals surface area contributed by atoms with Gasteiger partial charge in [0.2, 0.25) is 0 Å². The molecule has 0 saturated heterocycles. The molecule has 0 heterocycles. The molecule has 4 nitrogen and oxygen atoms in total. The average molecular weight is 374 g/mol. The van der Waals surface area contributed by atoms with Crippen molar-refractivity contribution in [2.75, 3.05) is 19.8 Å². The molecule has 158 valence electrons.